The Kier molecular flexibility index (Phi) is 2.27. The predicted molar refractivity (Wildman–Crippen MR) is 25.5 cm³/mol. The molecule has 0 heterocycles. The van der Waals surface area contributed by atoms with Gasteiger partial charge < -0.3 is 0 Å². The lowest BCUT2D eigenvalue weighted by atomic mass is 10.4. The predicted octanol–water partition coefficient (Wildman–Crippen LogP) is 1.45. The van der Waals surface area contributed by atoms with Gasteiger partial charge in [0, 0.05) is 6.08 Å². The van der Waals surface area contributed by atoms with Crippen molar-refractivity contribution in [3.63, 3.8) is 0 Å². The quantitative estimate of drug-likeness (QED) is 0.458. The molecule has 0 saturated carbocycles. The minimum Gasteiger partial charge on any atom is -0.295 e. The molecule has 0 aromatic heterocycles. The van der Waals surface area contributed by atoms with Crippen LogP contribution in [0.4, 0.5) is 4.39 Å². The first-order chi connectivity index (χ1) is 3.13. The average Bonchev–Trinajstić information content (AvgIpc) is 1.27. The van der Waals surface area contributed by atoms with Crippen molar-refractivity contribution in [3.05, 3.63) is 11.9 Å². The van der Waals surface area contributed by atoms with Crippen molar-refractivity contribution in [1.29, 1.82) is 0 Å². The number of carbonyl (C=O) groups excluding carboxylic acids is 1. The zero-order valence-corrected chi connectivity index (χ0v) is 4.36. The van der Waals surface area contributed by atoms with E-state index in [-0.39, 0.29) is 5.78 Å². The van der Waals surface area contributed by atoms with E-state index in [4.69, 9.17) is 0 Å². The fourth-order valence-corrected chi connectivity index (χ4v) is 0.280. The molecular weight excluding hydrogens is 95.1 g/mol. The molecule has 0 aromatic rings. The molecule has 0 amide bonds. The van der Waals surface area contributed by atoms with Gasteiger partial charge in [-0.1, -0.05) is 0 Å². The molecule has 0 aliphatic carbocycles. The summed E-state index contributed by atoms with van der Waals surface area (Å²) < 4.78 is 11.6. The van der Waals surface area contributed by atoms with Gasteiger partial charge in [0.25, 0.3) is 0 Å². The monoisotopic (exact) mass is 102 g/mol. The molecule has 0 aliphatic rings. The second-order valence-electron chi connectivity index (χ2n) is 1.34. The van der Waals surface area contributed by atoms with Gasteiger partial charge in [-0.2, -0.15) is 0 Å². The van der Waals surface area contributed by atoms with E-state index in [0.717, 1.165) is 6.08 Å². The normalized spacial score (nSPS) is 11.6. The summed E-state index contributed by atoms with van der Waals surface area (Å²) in [6, 6.07) is 0. The SMILES string of the molecule is CC(=O)/C=C(\C)F. The molecule has 0 saturated heterocycles. The van der Waals surface area contributed by atoms with Gasteiger partial charge in [0.15, 0.2) is 5.78 Å². The zero-order chi connectivity index (χ0) is 5.86. The molecule has 0 unspecified atom stereocenters. The van der Waals surface area contributed by atoms with E-state index in [9.17, 15) is 9.18 Å². The lowest BCUT2D eigenvalue weighted by Crippen LogP contribution is -1.79. The molecule has 7 heavy (non-hydrogen) atoms. The molecule has 1 nitrogen and oxygen atoms in total. The number of carbonyl (C=O) groups is 1. The first-order valence-electron chi connectivity index (χ1n) is 1.97. The Morgan fingerprint density at radius 2 is 2.00 bits per heavy atom. The van der Waals surface area contributed by atoms with Crippen molar-refractivity contribution < 1.29 is 9.18 Å². The molecule has 0 fully saturated rings. The zero-order valence-electron chi connectivity index (χ0n) is 4.36. The van der Waals surface area contributed by atoms with Gasteiger partial charge in [0.1, 0.15) is 5.83 Å². The van der Waals surface area contributed by atoms with Crippen molar-refractivity contribution >= 4 is 5.78 Å². The third-order valence-corrected chi connectivity index (χ3v) is 0.402. The molecule has 0 bridgehead atoms. The maximum Gasteiger partial charge on any atom is 0.155 e. The number of halogens is 1. The Hall–Kier alpha value is -0.660. The van der Waals surface area contributed by atoms with E-state index in [2.05, 4.69) is 0 Å². The summed E-state index contributed by atoms with van der Waals surface area (Å²) in [7, 11) is 0. The number of hydrogen-bond donors (Lipinski definition) is 0. The number of hydrogen-bond acceptors (Lipinski definition) is 1. The van der Waals surface area contributed by atoms with Crippen molar-refractivity contribution in [2.75, 3.05) is 0 Å². The Labute approximate surface area is 41.8 Å². The Morgan fingerprint density at radius 1 is 1.57 bits per heavy atom. The van der Waals surface area contributed by atoms with E-state index in [1.807, 2.05) is 0 Å². The topological polar surface area (TPSA) is 17.1 Å². The van der Waals surface area contributed by atoms with Crippen molar-refractivity contribution in [3.8, 4) is 0 Å². The molecule has 0 spiro atoms. The second kappa shape index (κ2) is 2.50. The largest absolute Gasteiger partial charge is 0.295 e. The van der Waals surface area contributed by atoms with Gasteiger partial charge in [0.05, 0.1) is 0 Å². The van der Waals surface area contributed by atoms with Gasteiger partial charge in [-0.15, -0.1) is 0 Å². The molecular formula is C5H7FO. The van der Waals surface area contributed by atoms with Crippen LogP contribution in [0, 0.1) is 0 Å². The molecule has 0 radical (unpaired) electrons. The summed E-state index contributed by atoms with van der Waals surface area (Å²) >= 11 is 0. The van der Waals surface area contributed by atoms with Gasteiger partial charge in [0.2, 0.25) is 0 Å². The third-order valence-electron chi connectivity index (χ3n) is 0.402. The highest BCUT2D eigenvalue weighted by Gasteiger charge is 1.84. The van der Waals surface area contributed by atoms with Crippen LogP contribution in [0.5, 0.6) is 0 Å². The highest BCUT2D eigenvalue weighted by Crippen LogP contribution is 1.90. The summed E-state index contributed by atoms with van der Waals surface area (Å²) in [6.07, 6.45) is 0.944. The molecule has 2 heteroatoms. The first kappa shape index (κ1) is 6.34. The van der Waals surface area contributed by atoms with Crippen molar-refractivity contribution in [1.82, 2.24) is 0 Å². The summed E-state index contributed by atoms with van der Waals surface area (Å²) in [5.41, 5.74) is 0. The van der Waals surface area contributed by atoms with Crippen LogP contribution in [0.25, 0.3) is 0 Å². The minimum absolute atomic E-state index is 0.250. The smallest absolute Gasteiger partial charge is 0.155 e. The molecule has 0 N–H and O–H groups in total. The van der Waals surface area contributed by atoms with Crippen molar-refractivity contribution in [2.24, 2.45) is 0 Å². The van der Waals surface area contributed by atoms with Crippen LogP contribution in [0.1, 0.15) is 13.8 Å². The minimum atomic E-state index is -0.437. The van der Waals surface area contributed by atoms with E-state index in [1.54, 1.807) is 0 Å². The van der Waals surface area contributed by atoms with Crippen LogP contribution >= 0.6 is 0 Å². The van der Waals surface area contributed by atoms with Crippen LogP contribution in [-0.4, -0.2) is 5.78 Å². The maximum atomic E-state index is 11.6. The fraction of sp³-hybridized carbons (Fsp3) is 0.400. The van der Waals surface area contributed by atoms with Crippen LogP contribution in [-0.2, 0) is 4.79 Å². The van der Waals surface area contributed by atoms with Crippen LogP contribution in [0.3, 0.4) is 0 Å². The standard InChI is InChI=1S/C5H7FO/c1-4(6)3-5(2)7/h3H,1-2H3/b4-3+. The summed E-state index contributed by atoms with van der Waals surface area (Å²) in [4.78, 5) is 9.94. The van der Waals surface area contributed by atoms with Crippen LogP contribution < -0.4 is 0 Å². The van der Waals surface area contributed by atoms with Gasteiger partial charge in [-0.25, -0.2) is 4.39 Å². The third kappa shape index (κ3) is 5.34. The van der Waals surface area contributed by atoms with E-state index in [0.29, 0.717) is 0 Å². The fourth-order valence-electron chi connectivity index (χ4n) is 0.280. The Bertz CT molecular complexity index is 101. The van der Waals surface area contributed by atoms with E-state index >= 15 is 0 Å². The highest BCUT2D eigenvalue weighted by molar-refractivity contribution is 5.87. The van der Waals surface area contributed by atoms with Crippen LogP contribution in [0.15, 0.2) is 11.9 Å². The molecule has 0 aliphatic heterocycles. The highest BCUT2D eigenvalue weighted by atomic mass is 19.1. The van der Waals surface area contributed by atoms with E-state index in [1.165, 1.54) is 13.8 Å². The van der Waals surface area contributed by atoms with Gasteiger partial charge in [-0.3, -0.25) is 4.79 Å². The Balaban J connectivity index is 3.68. The Morgan fingerprint density at radius 3 is 2.00 bits per heavy atom. The first-order valence-corrected chi connectivity index (χ1v) is 1.97. The molecule has 0 atom stereocenters. The lowest BCUT2D eigenvalue weighted by Gasteiger charge is -1.76. The summed E-state index contributed by atoms with van der Waals surface area (Å²) in [5, 5.41) is 0. The lowest BCUT2D eigenvalue weighted by molar-refractivity contribution is -0.112. The second-order valence-corrected chi connectivity index (χ2v) is 1.34. The molecule has 40 valence electrons. The van der Waals surface area contributed by atoms with Crippen LogP contribution in [0.2, 0.25) is 0 Å². The van der Waals surface area contributed by atoms with Gasteiger partial charge >= 0.3 is 0 Å². The number of rotatable bonds is 1. The summed E-state index contributed by atoms with van der Waals surface area (Å²) in [5.74, 6) is -0.687. The molecule has 0 rings (SSSR count). The van der Waals surface area contributed by atoms with Gasteiger partial charge in [-0.05, 0) is 13.8 Å². The maximum absolute atomic E-state index is 11.6. The van der Waals surface area contributed by atoms with Crippen molar-refractivity contribution in [2.45, 2.75) is 13.8 Å². The average molecular weight is 102 g/mol. The molecule has 0 aromatic carbocycles. The van der Waals surface area contributed by atoms with E-state index < -0.39 is 5.83 Å². The number of ketones is 1. The number of allylic oxidation sites excluding steroid dienone is 2. The summed E-state index contributed by atoms with van der Waals surface area (Å²) in [6.45, 7) is 2.55.